The van der Waals surface area contributed by atoms with E-state index in [1.54, 1.807) is 0 Å². The minimum atomic E-state index is -0.786. The van der Waals surface area contributed by atoms with Crippen LogP contribution in [0.5, 0.6) is 0 Å². The average molecular weight is 881 g/mol. The van der Waals surface area contributed by atoms with Crippen molar-refractivity contribution in [3.8, 4) is 0 Å². The van der Waals surface area contributed by atoms with E-state index in [2.05, 4.69) is 81.5 Å². The second-order valence-electron chi connectivity index (χ2n) is 17.8. The fraction of sp³-hybridized carbons (Fsp3) is 0.772. The maximum Gasteiger partial charge on any atom is 0.306 e. The predicted molar refractivity (Wildman–Crippen MR) is 270 cm³/mol. The SMILES string of the molecule is CC/C=C/C/C=C/C/C=C/CCCCCCCC(=O)OC[C@@H](COC(=O)CCCCCCCCCCCCCCCCC)OC(=O)CCCCCCC/C=C/C/C=C/CCCCC. The van der Waals surface area contributed by atoms with Crippen LogP contribution in [0.25, 0.3) is 0 Å². The molecule has 0 spiro atoms. The van der Waals surface area contributed by atoms with Crippen LogP contribution in [0.4, 0.5) is 0 Å². The Kier molecular flexibility index (Phi) is 49.4. The molecular weight excluding hydrogens is 781 g/mol. The van der Waals surface area contributed by atoms with Crippen molar-refractivity contribution in [3.63, 3.8) is 0 Å². The fourth-order valence-corrected chi connectivity index (χ4v) is 7.49. The van der Waals surface area contributed by atoms with Gasteiger partial charge in [0, 0.05) is 19.3 Å². The zero-order chi connectivity index (χ0) is 45.8. The molecule has 364 valence electrons. The van der Waals surface area contributed by atoms with Gasteiger partial charge in [-0.3, -0.25) is 14.4 Å². The van der Waals surface area contributed by atoms with Gasteiger partial charge in [0.2, 0.25) is 0 Å². The zero-order valence-corrected chi connectivity index (χ0v) is 41.6. The van der Waals surface area contributed by atoms with E-state index in [0.717, 1.165) is 122 Å². The van der Waals surface area contributed by atoms with Crippen LogP contribution >= 0.6 is 0 Å². The summed E-state index contributed by atoms with van der Waals surface area (Å²) >= 11 is 0. The minimum Gasteiger partial charge on any atom is -0.462 e. The summed E-state index contributed by atoms with van der Waals surface area (Å²) in [5.41, 5.74) is 0. The van der Waals surface area contributed by atoms with Crippen LogP contribution in [-0.4, -0.2) is 37.2 Å². The van der Waals surface area contributed by atoms with Gasteiger partial charge in [-0.25, -0.2) is 0 Å². The van der Waals surface area contributed by atoms with Gasteiger partial charge in [-0.1, -0.05) is 223 Å². The number of carbonyl (C=O) groups excluding carboxylic acids is 3. The van der Waals surface area contributed by atoms with E-state index in [9.17, 15) is 14.4 Å². The first-order chi connectivity index (χ1) is 31.0. The summed E-state index contributed by atoms with van der Waals surface area (Å²) in [5, 5.41) is 0. The number of hydrogen-bond donors (Lipinski definition) is 0. The lowest BCUT2D eigenvalue weighted by molar-refractivity contribution is -0.167. The van der Waals surface area contributed by atoms with Crippen molar-refractivity contribution < 1.29 is 28.6 Å². The molecule has 0 unspecified atom stereocenters. The van der Waals surface area contributed by atoms with Gasteiger partial charge in [0.25, 0.3) is 0 Å². The summed E-state index contributed by atoms with van der Waals surface area (Å²) in [4.78, 5) is 38.0. The second-order valence-corrected chi connectivity index (χ2v) is 17.8. The van der Waals surface area contributed by atoms with Crippen LogP contribution in [0.1, 0.15) is 265 Å². The van der Waals surface area contributed by atoms with Crippen LogP contribution in [0, 0.1) is 0 Å². The molecule has 0 bridgehead atoms. The second kappa shape index (κ2) is 51.7. The maximum atomic E-state index is 12.8. The first kappa shape index (κ1) is 60.1. The molecular formula is C57H100O6. The molecule has 0 radical (unpaired) electrons. The van der Waals surface area contributed by atoms with E-state index in [-0.39, 0.29) is 31.1 Å². The fourth-order valence-electron chi connectivity index (χ4n) is 7.49. The highest BCUT2D eigenvalue weighted by Gasteiger charge is 2.19. The molecule has 0 rings (SSSR count). The van der Waals surface area contributed by atoms with Gasteiger partial charge in [0.1, 0.15) is 13.2 Å². The molecule has 0 saturated carbocycles. The molecule has 6 nitrogen and oxygen atoms in total. The van der Waals surface area contributed by atoms with E-state index in [4.69, 9.17) is 14.2 Å². The Labute approximate surface area is 390 Å². The largest absolute Gasteiger partial charge is 0.462 e. The summed E-state index contributed by atoms with van der Waals surface area (Å²) in [6.45, 7) is 6.49. The van der Waals surface area contributed by atoms with Crippen molar-refractivity contribution in [1.29, 1.82) is 0 Å². The molecule has 0 aliphatic rings. The Hall–Kier alpha value is -2.89. The number of unbranched alkanes of at least 4 members (excludes halogenated alkanes) is 27. The number of rotatable bonds is 48. The topological polar surface area (TPSA) is 78.9 Å². The molecule has 0 aromatic rings. The zero-order valence-electron chi connectivity index (χ0n) is 41.6. The number of carbonyl (C=O) groups is 3. The number of allylic oxidation sites excluding steroid dienone is 10. The Morgan fingerprint density at radius 3 is 1.00 bits per heavy atom. The summed E-state index contributed by atoms with van der Waals surface area (Å²) in [6, 6.07) is 0. The third-order valence-corrected chi connectivity index (χ3v) is 11.5. The normalized spacial score (nSPS) is 12.5. The molecule has 6 heteroatoms. The standard InChI is InChI=1S/C57H100O6/c1-4-7-10-13-16-19-22-25-28-31-34-37-40-43-46-49-55(58)61-52-54(63-57(60)51-48-45-42-39-36-33-30-27-24-21-18-15-12-9-6-3)53-62-56(59)50-47-44-41-38-35-32-29-26-23-20-17-14-11-8-5-2/h7,10,16,18-19,21,25,27-28,30,54H,4-6,8-9,11-15,17,20,22-24,26,29,31-53H2,1-3H3/b10-7+,19-16+,21-18+,28-25+,30-27+/t54-/m0/s1. The van der Waals surface area contributed by atoms with Crippen molar-refractivity contribution in [3.05, 3.63) is 60.8 Å². The summed E-state index contributed by atoms with van der Waals surface area (Å²) in [7, 11) is 0. The van der Waals surface area contributed by atoms with Crippen LogP contribution in [-0.2, 0) is 28.6 Å². The summed E-state index contributed by atoms with van der Waals surface area (Å²) in [6.07, 6.45) is 63.4. The highest BCUT2D eigenvalue weighted by molar-refractivity contribution is 5.71. The quantitative estimate of drug-likeness (QED) is 0.0262. The molecule has 0 aliphatic carbocycles. The summed E-state index contributed by atoms with van der Waals surface area (Å²) in [5.74, 6) is -0.907. The van der Waals surface area contributed by atoms with Crippen molar-refractivity contribution in [1.82, 2.24) is 0 Å². The van der Waals surface area contributed by atoms with Gasteiger partial charge < -0.3 is 14.2 Å². The van der Waals surface area contributed by atoms with Crippen molar-refractivity contribution in [2.75, 3.05) is 13.2 Å². The molecule has 0 fully saturated rings. The molecule has 1 atom stereocenters. The molecule has 0 amide bonds. The lowest BCUT2D eigenvalue weighted by atomic mass is 10.0. The average Bonchev–Trinajstić information content (AvgIpc) is 3.28. The monoisotopic (exact) mass is 881 g/mol. The third-order valence-electron chi connectivity index (χ3n) is 11.5. The number of ether oxygens (including phenoxy) is 3. The Bertz CT molecular complexity index is 1150. The molecule has 0 N–H and O–H groups in total. The molecule has 0 saturated heterocycles. The Morgan fingerprint density at radius 1 is 0.333 bits per heavy atom. The van der Waals surface area contributed by atoms with Gasteiger partial charge >= 0.3 is 17.9 Å². The van der Waals surface area contributed by atoms with E-state index in [1.807, 2.05) is 0 Å². The molecule has 63 heavy (non-hydrogen) atoms. The van der Waals surface area contributed by atoms with Crippen molar-refractivity contribution >= 4 is 17.9 Å². The lowest BCUT2D eigenvalue weighted by Crippen LogP contribution is -2.30. The summed E-state index contributed by atoms with van der Waals surface area (Å²) < 4.78 is 16.8. The highest BCUT2D eigenvalue weighted by atomic mass is 16.6. The van der Waals surface area contributed by atoms with Gasteiger partial charge in [0.15, 0.2) is 6.10 Å². The van der Waals surface area contributed by atoms with Gasteiger partial charge in [0.05, 0.1) is 0 Å². The maximum absolute atomic E-state index is 12.8. The molecule has 0 aliphatic heterocycles. The van der Waals surface area contributed by atoms with Crippen LogP contribution < -0.4 is 0 Å². The molecule has 0 aromatic heterocycles. The molecule has 0 aromatic carbocycles. The smallest absolute Gasteiger partial charge is 0.306 e. The highest BCUT2D eigenvalue weighted by Crippen LogP contribution is 2.15. The third kappa shape index (κ3) is 50.0. The lowest BCUT2D eigenvalue weighted by Gasteiger charge is -2.18. The Balaban J connectivity index is 4.41. The van der Waals surface area contributed by atoms with Gasteiger partial charge in [-0.2, -0.15) is 0 Å². The van der Waals surface area contributed by atoms with Crippen LogP contribution in [0.15, 0.2) is 60.8 Å². The minimum absolute atomic E-state index is 0.0835. The first-order valence-corrected chi connectivity index (χ1v) is 26.8. The van der Waals surface area contributed by atoms with Crippen molar-refractivity contribution in [2.24, 2.45) is 0 Å². The van der Waals surface area contributed by atoms with Gasteiger partial charge in [-0.05, 0) is 83.5 Å². The van der Waals surface area contributed by atoms with E-state index < -0.39 is 6.10 Å². The number of hydrogen-bond acceptors (Lipinski definition) is 6. The predicted octanol–water partition coefficient (Wildman–Crippen LogP) is 17.6. The van der Waals surface area contributed by atoms with Crippen molar-refractivity contribution in [2.45, 2.75) is 271 Å². The Morgan fingerprint density at radius 2 is 0.619 bits per heavy atom. The first-order valence-electron chi connectivity index (χ1n) is 26.8. The van der Waals surface area contributed by atoms with E-state index in [1.165, 1.54) is 103 Å². The van der Waals surface area contributed by atoms with Gasteiger partial charge in [-0.15, -0.1) is 0 Å². The number of esters is 3. The van der Waals surface area contributed by atoms with Crippen LogP contribution in [0.2, 0.25) is 0 Å². The van der Waals surface area contributed by atoms with E-state index >= 15 is 0 Å². The van der Waals surface area contributed by atoms with Crippen LogP contribution in [0.3, 0.4) is 0 Å². The molecule has 0 heterocycles. The van der Waals surface area contributed by atoms with E-state index in [0.29, 0.717) is 19.3 Å².